The summed E-state index contributed by atoms with van der Waals surface area (Å²) in [6.45, 7) is 2.14. The van der Waals surface area contributed by atoms with Gasteiger partial charge in [-0.05, 0) is 24.3 Å². The third-order valence-electron chi connectivity index (χ3n) is 4.09. The van der Waals surface area contributed by atoms with Gasteiger partial charge in [-0.15, -0.1) is 0 Å². The lowest BCUT2D eigenvalue weighted by Gasteiger charge is -2.22. The molecule has 1 N–H and O–H groups in total. The van der Waals surface area contributed by atoms with E-state index in [0.717, 1.165) is 42.6 Å². The number of aromatic nitrogens is 2. The molecule has 3 rings (SSSR count). The van der Waals surface area contributed by atoms with Crippen LogP contribution in [0, 0.1) is 0 Å². The first kappa shape index (κ1) is 17.8. The van der Waals surface area contributed by atoms with Crippen molar-refractivity contribution in [3.63, 3.8) is 0 Å². The van der Waals surface area contributed by atoms with Crippen LogP contribution in [0.3, 0.4) is 0 Å². The number of benzene rings is 1. The molecule has 3 aromatic rings. The Morgan fingerprint density at radius 1 is 1.19 bits per heavy atom. The first-order valence-corrected chi connectivity index (χ1v) is 8.78. The zero-order valence-electron chi connectivity index (χ0n) is 15.3. The van der Waals surface area contributed by atoms with Gasteiger partial charge in [0.1, 0.15) is 18.0 Å². The van der Waals surface area contributed by atoms with Crippen LogP contribution in [0.5, 0.6) is 5.75 Å². The Balaban J connectivity index is 1.43. The predicted octanol–water partition coefficient (Wildman–Crippen LogP) is 2.46. The van der Waals surface area contributed by atoms with Gasteiger partial charge in [0, 0.05) is 39.5 Å². The lowest BCUT2D eigenvalue weighted by Crippen LogP contribution is -2.41. The molecule has 0 amide bonds. The Morgan fingerprint density at radius 3 is 2.77 bits per heavy atom. The number of fused-ring (bicyclic) bond motifs is 1. The topological polar surface area (TPSA) is 54.2 Å². The Bertz CT molecular complexity index is 811. The number of imidazole rings is 1. The zero-order chi connectivity index (χ0) is 18.2. The molecule has 2 heterocycles. The number of likely N-dealkylation sites (N-methyl/N-ethyl adjacent to an activating group) is 1. The molecule has 0 spiro atoms. The number of aliphatic imine (C=N–C) groups is 1. The third-order valence-corrected chi connectivity index (χ3v) is 4.09. The summed E-state index contributed by atoms with van der Waals surface area (Å²) in [5.41, 5.74) is 2.04. The van der Waals surface area contributed by atoms with Gasteiger partial charge in [0.15, 0.2) is 5.96 Å². The lowest BCUT2D eigenvalue weighted by molar-refractivity contribution is 0.281. The van der Waals surface area contributed by atoms with Crippen molar-refractivity contribution < 1.29 is 4.74 Å². The Hall–Kier alpha value is -3.02. The van der Waals surface area contributed by atoms with Gasteiger partial charge < -0.3 is 19.4 Å². The number of ether oxygens (including phenoxy) is 1. The molecule has 2 aromatic heterocycles. The van der Waals surface area contributed by atoms with Crippen LogP contribution in [0.15, 0.2) is 65.9 Å². The number of guanidine groups is 1. The maximum Gasteiger partial charge on any atom is 0.193 e. The van der Waals surface area contributed by atoms with Gasteiger partial charge in [-0.1, -0.05) is 24.3 Å². The Kier molecular flexibility index (Phi) is 6.09. The Morgan fingerprint density at radius 2 is 2.00 bits per heavy atom. The van der Waals surface area contributed by atoms with Crippen LogP contribution in [-0.4, -0.2) is 54.0 Å². The van der Waals surface area contributed by atoms with Crippen LogP contribution in [0.4, 0.5) is 0 Å². The highest BCUT2D eigenvalue weighted by atomic mass is 16.5. The van der Waals surface area contributed by atoms with Crippen LogP contribution in [0.25, 0.3) is 5.65 Å². The average Bonchev–Trinajstić information content (AvgIpc) is 3.09. The summed E-state index contributed by atoms with van der Waals surface area (Å²) >= 11 is 0. The van der Waals surface area contributed by atoms with E-state index in [1.165, 1.54) is 0 Å². The molecule has 26 heavy (non-hydrogen) atoms. The minimum atomic E-state index is 0.605. The maximum atomic E-state index is 5.74. The second-order valence-electron chi connectivity index (χ2n) is 6.01. The molecule has 0 aliphatic carbocycles. The molecule has 1 aromatic carbocycles. The summed E-state index contributed by atoms with van der Waals surface area (Å²) in [6.07, 6.45) is 4.92. The number of rotatable bonds is 7. The molecule has 6 nitrogen and oxygen atoms in total. The number of hydrogen-bond acceptors (Lipinski definition) is 3. The third kappa shape index (κ3) is 4.75. The smallest absolute Gasteiger partial charge is 0.193 e. The van der Waals surface area contributed by atoms with Gasteiger partial charge in [-0.2, -0.15) is 0 Å². The van der Waals surface area contributed by atoms with Crippen LogP contribution < -0.4 is 10.1 Å². The largest absolute Gasteiger partial charge is 0.492 e. The van der Waals surface area contributed by atoms with E-state index in [9.17, 15) is 0 Å². The van der Waals surface area contributed by atoms with Gasteiger partial charge in [-0.3, -0.25) is 4.99 Å². The molecule has 0 radical (unpaired) electrons. The molecule has 0 aliphatic rings. The molecular formula is C20H25N5O. The predicted molar refractivity (Wildman–Crippen MR) is 105 cm³/mol. The lowest BCUT2D eigenvalue weighted by atomic mass is 10.3. The molecule has 0 fully saturated rings. The van der Waals surface area contributed by atoms with Crippen molar-refractivity contribution in [1.82, 2.24) is 19.6 Å². The fourth-order valence-electron chi connectivity index (χ4n) is 2.72. The molecule has 0 atom stereocenters. The van der Waals surface area contributed by atoms with E-state index in [0.29, 0.717) is 6.61 Å². The minimum absolute atomic E-state index is 0.605. The van der Waals surface area contributed by atoms with E-state index in [1.54, 1.807) is 7.05 Å². The molecule has 0 saturated heterocycles. The fraction of sp³-hybridized carbons (Fsp3) is 0.300. The summed E-state index contributed by atoms with van der Waals surface area (Å²) in [6, 6.07) is 15.9. The zero-order valence-corrected chi connectivity index (χ0v) is 15.3. The van der Waals surface area contributed by atoms with E-state index in [1.807, 2.05) is 66.2 Å². The van der Waals surface area contributed by atoms with Crippen molar-refractivity contribution in [2.24, 2.45) is 4.99 Å². The monoisotopic (exact) mass is 351 g/mol. The minimum Gasteiger partial charge on any atom is -0.492 e. The highest BCUT2D eigenvalue weighted by Gasteiger charge is 2.07. The van der Waals surface area contributed by atoms with Gasteiger partial charge in [0.25, 0.3) is 0 Å². The molecule has 0 saturated carbocycles. The Labute approximate surface area is 154 Å². The van der Waals surface area contributed by atoms with Crippen molar-refractivity contribution in [2.45, 2.75) is 6.42 Å². The summed E-state index contributed by atoms with van der Waals surface area (Å²) < 4.78 is 7.78. The fourth-order valence-corrected chi connectivity index (χ4v) is 2.72. The van der Waals surface area contributed by atoms with Crippen LogP contribution in [0.2, 0.25) is 0 Å². The summed E-state index contributed by atoms with van der Waals surface area (Å²) in [7, 11) is 3.80. The highest BCUT2D eigenvalue weighted by Crippen LogP contribution is 2.08. The highest BCUT2D eigenvalue weighted by molar-refractivity contribution is 5.79. The van der Waals surface area contributed by atoms with Crippen molar-refractivity contribution in [1.29, 1.82) is 0 Å². The van der Waals surface area contributed by atoms with Gasteiger partial charge in [0.05, 0.1) is 12.2 Å². The van der Waals surface area contributed by atoms with E-state index in [2.05, 4.69) is 26.4 Å². The second-order valence-corrected chi connectivity index (χ2v) is 6.01. The summed E-state index contributed by atoms with van der Waals surface area (Å²) in [4.78, 5) is 11.0. The van der Waals surface area contributed by atoms with Crippen molar-refractivity contribution in [3.05, 3.63) is 66.6 Å². The number of nitrogens with zero attached hydrogens (tertiary/aromatic N) is 4. The van der Waals surface area contributed by atoms with Crippen molar-refractivity contribution in [2.75, 3.05) is 33.8 Å². The molecule has 136 valence electrons. The summed E-state index contributed by atoms with van der Waals surface area (Å²) in [5.74, 6) is 1.74. The number of pyridine rings is 1. The van der Waals surface area contributed by atoms with Crippen LogP contribution in [0.1, 0.15) is 5.69 Å². The van der Waals surface area contributed by atoms with E-state index < -0.39 is 0 Å². The quantitative estimate of drug-likeness (QED) is 0.525. The standard InChI is InChI=1S/C20H25N5O/c1-21-20(24(2)14-15-26-18-8-4-3-5-9-18)22-12-11-17-16-25-13-7-6-10-19(25)23-17/h3-10,13,16H,11-12,14-15H2,1-2H3,(H,21,22). The second kappa shape index (κ2) is 8.89. The van der Waals surface area contributed by atoms with Gasteiger partial charge in [0.2, 0.25) is 0 Å². The molecule has 6 heteroatoms. The maximum absolute atomic E-state index is 5.74. The molecule has 0 bridgehead atoms. The molecular weight excluding hydrogens is 326 g/mol. The number of hydrogen-bond donors (Lipinski definition) is 1. The molecule has 0 unspecified atom stereocenters. The first-order chi connectivity index (χ1) is 12.8. The van der Waals surface area contributed by atoms with Crippen molar-refractivity contribution >= 4 is 11.6 Å². The molecule has 0 aliphatic heterocycles. The van der Waals surface area contributed by atoms with Crippen LogP contribution >= 0.6 is 0 Å². The number of para-hydroxylation sites is 1. The first-order valence-electron chi connectivity index (χ1n) is 8.78. The van der Waals surface area contributed by atoms with E-state index >= 15 is 0 Å². The van der Waals surface area contributed by atoms with E-state index in [-0.39, 0.29) is 0 Å². The average molecular weight is 351 g/mol. The van der Waals surface area contributed by atoms with Crippen LogP contribution in [-0.2, 0) is 6.42 Å². The van der Waals surface area contributed by atoms with Gasteiger partial charge >= 0.3 is 0 Å². The normalized spacial score (nSPS) is 11.5. The number of nitrogens with one attached hydrogen (secondary N) is 1. The van der Waals surface area contributed by atoms with Crippen molar-refractivity contribution in [3.8, 4) is 5.75 Å². The summed E-state index contributed by atoms with van der Waals surface area (Å²) in [5, 5.41) is 3.38. The van der Waals surface area contributed by atoms with Gasteiger partial charge in [-0.25, -0.2) is 4.98 Å². The van der Waals surface area contributed by atoms with E-state index in [4.69, 9.17) is 4.74 Å². The SMILES string of the molecule is CN=C(NCCc1cn2ccccc2n1)N(C)CCOc1ccccc1.